The molecule has 1 aliphatic rings. The summed E-state index contributed by atoms with van der Waals surface area (Å²) < 4.78 is 2.01. The van der Waals surface area contributed by atoms with Crippen molar-refractivity contribution in [2.24, 2.45) is 0 Å². The third kappa shape index (κ3) is 3.64. The van der Waals surface area contributed by atoms with E-state index in [1.165, 1.54) is 23.7 Å². The number of rotatable bonds is 4. The predicted molar refractivity (Wildman–Crippen MR) is 96.6 cm³/mol. The summed E-state index contributed by atoms with van der Waals surface area (Å²) in [4.78, 5) is 14.5. The van der Waals surface area contributed by atoms with E-state index >= 15 is 0 Å². The van der Waals surface area contributed by atoms with Gasteiger partial charge in [-0.2, -0.15) is 0 Å². The highest BCUT2D eigenvalue weighted by Crippen LogP contribution is 2.24. The number of hydrogen-bond donors (Lipinski definition) is 0. The summed E-state index contributed by atoms with van der Waals surface area (Å²) in [5, 5.41) is 9.22. The average Bonchev–Trinajstić information content (AvgIpc) is 2.95. The second-order valence-corrected chi connectivity index (χ2v) is 7.36. The highest BCUT2D eigenvalue weighted by atomic mass is 32.2. The van der Waals surface area contributed by atoms with E-state index < -0.39 is 0 Å². The average molecular weight is 344 g/mol. The molecule has 128 valence electrons. The first kappa shape index (κ1) is 17.0. The molecule has 0 aliphatic carbocycles. The molecular weight excluding hydrogens is 320 g/mol. The molecule has 2 heterocycles. The summed E-state index contributed by atoms with van der Waals surface area (Å²) >= 11 is 1.47. The number of benzene rings is 1. The molecule has 1 fully saturated rings. The molecule has 0 radical (unpaired) electrons. The molecule has 1 aromatic heterocycles. The van der Waals surface area contributed by atoms with Crippen molar-refractivity contribution in [1.29, 1.82) is 0 Å². The van der Waals surface area contributed by atoms with Gasteiger partial charge in [-0.25, -0.2) is 0 Å². The topological polar surface area (TPSA) is 51.0 Å². The van der Waals surface area contributed by atoms with E-state index in [1.54, 1.807) is 0 Å². The number of thioether (sulfide) groups is 1. The molecule has 1 aliphatic heterocycles. The lowest BCUT2D eigenvalue weighted by Crippen LogP contribution is -2.42. The van der Waals surface area contributed by atoms with Crippen LogP contribution in [0.3, 0.4) is 0 Å². The van der Waals surface area contributed by atoms with E-state index in [0.29, 0.717) is 11.8 Å². The first-order valence-electron chi connectivity index (χ1n) is 8.47. The fraction of sp³-hybridized carbons (Fsp3) is 0.500. The molecule has 0 N–H and O–H groups in total. The molecule has 0 saturated carbocycles. The predicted octanol–water partition coefficient (Wildman–Crippen LogP) is 3.38. The van der Waals surface area contributed by atoms with Crippen LogP contribution in [0.5, 0.6) is 0 Å². The Morgan fingerprint density at radius 3 is 2.67 bits per heavy atom. The van der Waals surface area contributed by atoms with Gasteiger partial charge in [-0.05, 0) is 52.2 Å². The maximum absolute atomic E-state index is 12.5. The van der Waals surface area contributed by atoms with Gasteiger partial charge in [0, 0.05) is 18.3 Å². The molecule has 0 bridgehead atoms. The van der Waals surface area contributed by atoms with E-state index in [0.717, 1.165) is 36.1 Å². The maximum atomic E-state index is 12.5. The Hall–Kier alpha value is -1.82. The standard InChI is InChI=1S/C18H24N4OS/c1-13-7-9-16(10-8-13)22-15(3)19-20-18(22)24-12-17(23)21-11-5-4-6-14(21)2/h7-10,14H,4-6,11-12H2,1-3H3. The van der Waals surface area contributed by atoms with Crippen molar-refractivity contribution in [1.82, 2.24) is 19.7 Å². The van der Waals surface area contributed by atoms with Crippen LogP contribution in [0.2, 0.25) is 0 Å². The zero-order valence-electron chi connectivity index (χ0n) is 14.5. The van der Waals surface area contributed by atoms with Gasteiger partial charge in [0.15, 0.2) is 5.16 Å². The quantitative estimate of drug-likeness (QED) is 0.798. The Morgan fingerprint density at radius 2 is 1.96 bits per heavy atom. The molecule has 0 spiro atoms. The summed E-state index contributed by atoms with van der Waals surface area (Å²) in [7, 11) is 0. The number of piperidine rings is 1. The van der Waals surface area contributed by atoms with Gasteiger partial charge >= 0.3 is 0 Å². The van der Waals surface area contributed by atoms with Gasteiger partial charge in [-0.15, -0.1) is 10.2 Å². The Labute approximate surface area is 147 Å². The van der Waals surface area contributed by atoms with Gasteiger partial charge in [0.2, 0.25) is 5.91 Å². The second kappa shape index (κ2) is 7.38. The molecule has 1 aromatic carbocycles. The molecule has 1 saturated heterocycles. The van der Waals surface area contributed by atoms with E-state index in [2.05, 4.69) is 48.3 Å². The second-order valence-electron chi connectivity index (χ2n) is 6.42. The zero-order chi connectivity index (χ0) is 17.1. The highest BCUT2D eigenvalue weighted by Gasteiger charge is 2.23. The van der Waals surface area contributed by atoms with Gasteiger partial charge in [0.1, 0.15) is 5.82 Å². The number of amides is 1. The number of nitrogens with zero attached hydrogens (tertiary/aromatic N) is 4. The number of carbonyl (C=O) groups excluding carboxylic acids is 1. The Balaban J connectivity index is 1.72. The molecule has 6 heteroatoms. The van der Waals surface area contributed by atoms with Crippen molar-refractivity contribution in [2.45, 2.75) is 51.2 Å². The van der Waals surface area contributed by atoms with Gasteiger partial charge in [0.25, 0.3) is 0 Å². The lowest BCUT2D eigenvalue weighted by Gasteiger charge is -2.33. The molecule has 2 aromatic rings. The van der Waals surface area contributed by atoms with Crippen LogP contribution in [0, 0.1) is 13.8 Å². The molecule has 24 heavy (non-hydrogen) atoms. The van der Waals surface area contributed by atoms with E-state index in [9.17, 15) is 4.79 Å². The zero-order valence-corrected chi connectivity index (χ0v) is 15.3. The van der Waals surface area contributed by atoms with E-state index in [4.69, 9.17) is 0 Å². The number of aryl methyl sites for hydroxylation is 2. The van der Waals surface area contributed by atoms with Crippen molar-refractivity contribution in [3.63, 3.8) is 0 Å². The normalized spacial score (nSPS) is 18.0. The Morgan fingerprint density at radius 1 is 1.21 bits per heavy atom. The van der Waals surface area contributed by atoms with Crippen LogP contribution in [0.15, 0.2) is 29.4 Å². The third-order valence-electron chi connectivity index (χ3n) is 4.54. The molecule has 1 amide bonds. The minimum atomic E-state index is 0.198. The molecule has 3 rings (SSSR count). The van der Waals surface area contributed by atoms with Crippen molar-refractivity contribution in [2.75, 3.05) is 12.3 Å². The summed E-state index contributed by atoms with van der Waals surface area (Å²) in [5.74, 6) is 1.44. The van der Waals surface area contributed by atoms with Crippen LogP contribution in [0.25, 0.3) is 5.69 Å². The molecular formula is C18H24N4OS. The van der Waals surface area contributed by atoms with E-state index in [1.807, 2.05) is 16.4 Å². The molecule has 5 nitrogen and oxygen atoms in total. The van der Waals surface area contributed by atoms with Crippen LogP contribution < -0.4 is 0 Å². The lowest BCUT2D eigenvalue weighted by molar-refractivity contribution is -0.131. The third-order valence-corrected chi connectivity index (χ3v) is 5.45. The summed E-state index contributed by atoms with van der Waals surface area (Å²) in [5.41, 5.74) is 2.25. The van der Waals surface area contributed by atoms with Crippen molar-refractivity contribution < 1.29 is 4.79 Å². The van der Waals surface area contributed by atoms with Crippen LogP contribution in [0.1, 0.15) is 37.6 Å². The van der Waals surface area contributed by atoms with Crippen molar-refractivity contribution in [3.8, 4) is 5.69 Å². The van der Waals surface area contributed by atoms with Crippen LogP contribution >= 0.6 is 11.8 Å². The van der Waals surface area contributed by atoms with Gasteiger partial charge < -0.3 is 4.90 Å². The minimum absolute atomic E-state index is 0.198. The first-order valence-corrected chi connectivity index (χ1v) is 9.46. The van der Waals surface area contributed by atoms with Crippen LogP contribution in [0.4, 0.5) is 0 Å². The smallest absolute Gasteiger partial charge is 0.233 e. The Bertz CT molecular complexity index is 710. The Kier molecular flexibility index (Phi) is 5.23. The SMILES string of the molecule is Cc1ccc(-n2c(C)nnc2SCC(=O)N2CCCCC2C)cc1. The number of likely N-dealkylation sites (tertiary alicyclic amines) is 1. The first-order chi connectivity index (χ1) is 11.6. The number of hydrogen-bond acceptors (Lipinski definition) is 4. The number of aromatic nitrogens is 3. The summed E-state index contributed by atoms with van der Waals surface area (Å²) in [6.45, 7) is 7.02. The van der Waals surface area contributed by atoms with E-state index in [-0.39, 0.29) is 5.91 Å². The lowest BCUT2D eigenvalue weighted by atomic mass is 10.0. The van der Waals surface area contributed by atoms with Crippen LogP contribution in [-0.2, 0) is 4.79 Å². The largest absolute Gasteiger partial charge is 0.339 e. The molecule has 1 atom stereocenters. The summed E-state index contributed by atoms with van der Waals surface area (Å²) in [6.07, 6.45) is 3.44. The minimum Gasteiger partial charge on any atom is -0.339 e. The number of carbonyl (C=O) groups is 1. The maximum Gasteiger partial charge on any atom is 0.233 e. The fourth-order valence-corrected chi connectivity index (χ4v) is 3.99. The van der Waals surface area contributed by atoms with Crippen LogP contribution in [-0.4, -0.2) is 43.9 Å². The highest BCUT2D eigenvalue weighted by molar-refractivity contribution is 7.99. The van der Waals surface area contributed by atoms with Crippen molar-refractivity contribution >= 4 is 17.7 Å². The summed E-state index contributed by atoms with van der Waals surface area (Å²) in [6, 6.07) is 8.62. The van der Waals surface area contributed by atoms with Gasteiger partial charge in [-0.1, -0.05) is 29.5 Å². The molecule has 1 unspecified atom stereocenters. The van der Waals surface area contributed by atoms with Gasteiger partial charge in [0.05, 0.1) is 5.75 Å². The fourth-order valence-electron chi connectivity index (χ4n) is 3.11. The van der Waals surface area contributed by atoms with Crippen molar-refractivity contribution in [3.05, 3.63) is 35.7 Å². The monoisotopic (exact) mass is 344 g/mol. The van der Waals surface area contributed by atoms with Gasteiger partial charge in [-0.3, -0.25) is 9.36 Å².